The van der Waals surface area contributed by atoms with Crippen molar-refractivity contribution in [2.24, 2.45) is 0 Å². The SMILES string of the molecule is Cc1ccnn1C[C@H](C)c1cc(=O)n2[nH]c(-c3cccc(Cl)c3)cc2n1. The zero-order valence-electron chi connectivity index (χ0n) is 14.5. The summed E-state index contributed by atoms with van der Waals surface area (Å²) in [6.07, 6.45) is 1.77. The Morgan fingerprint density at radius 1 is 1.23 bits per heavy atom. The number of aryl methyl sites for hydroxylation is 1. The topological polar surface area (TPSA) is 68.0 Å². The normalized spacial score (nSPS) is 12.6. The maximum Gasteiger partial charge on any atom is 0.272 e. The number of hydrogen-bond donors (Lipinski definition) is 1. The third-order valence-electron chi connectivity index (χ3n) is 4.49. The number of fused-ring (bicyclic) bond motifs is 1. The molecule has 26 heavy (non-hydrogen) atoms. The van der Waals surface area contributed by atoms with Crippen LogP contribution in [0.15, 0.2) is 53.5 Å². The fraction of sp³-hybridized carbons (Fsp3) is 0.211. The molecule has 0 amide bonds. The van der Waals surface area contributed by atoms with Crippen molar-refractivity contribution in [3.05, 3.63) is 75.4 Å². The number of halogens is 1. The molecular weight excluding hydrogens is 350 g/mol. The van der Waals surface area contributed by atoms with E-state index in [-0.39, 0.29) is 11.5 Å². The average molecular weight is 368 g/mol. The van der Waals surface area contributed by atoms with Crippen LogP contribution in [-0.4, -0.2) is 24.4 Å². The van der Waals surface area contributed by atoms with E-state index in [1.54, 1.807) is 12.3 Å². The van der Waals surface area contributed by atoms with Crippen LogP contribution in [0, 0.1) is 6.92 Å². The van der Waals surface area contributed by atoms with Gasteiger partial charge in [-0.05, 0) is 25.1 Å². The standard InChI is InChI=1S/C19H18ClN5O/c1-12(11-24-13(2)6-7-21-24)16-10-19(26)25-18(22-16)9-17(23-25)14-4-3-5-15(20)8-14/h3-10,12,23H,11H2,1-2H3/t12-/m0/s1. The van der Waals surface area contributed by atoms with Gasteiger partial charge < -0.3 is 0 Å². The Kier molecular flexibility index (Phi) is 4.12. The number of nitrogens with one attached hydrogen (secondary N) is 1. The molecule has 1 aromatic carbocycles. The van der Waals surface area contributed by atoms with Gasteiger partial charge in [-0.3, -0.25) is 14.6 Å². The van der Waals surface area contributed by atoms with Crippen molar-refractivity contribution in [1.82, 2.24) is 24.4 Å². The number of aromatic amines is 1. The molecule has 0 spiro atoms. The van der Waals surface area contributed by atoms with Crippen molar-refractivity contribution in [3.63, 3.8) is 0 Å². The average Bonchev–Trinajstić information content (AvgIpc) is 3.22. The number of rotatable bonds is 4. The molecule has 0 radical (unpaired) electrons. The van der Waals surface area contributed by atoms with Crippen molar-refractivity contribution in [2.45, 2.75) is 26.3 Å². The van der Waals surface area contributed by atoms with Crippen molar-refractivity contribution < 1.29 is 0 Å². The fourth-order valence-electron chi connectivity index (χ4n) is 3.01. The summed E-state index contributed by atoms with van der Waals surface area (Å²) in [6, 6.07) is 12.9. The zero-order valence-corrected chi connectivity index (χ0v) is 15.2. The van der Waals surface area contributed by atoms with Gasteiger partial charge >= 0.3 is 0 Å². The summed E-state index contributed by atoms with van der Waals surface area (Å²) in [5.41, 5.74) is 3.99. The van der Waals surface area contributed by atoms with Crippen LogP contribution in [0.1, 0.15) is 24.2 Å². The molecular formula is C19H18ClN5O. The molecule has 4 rings (SSSR count). The Bertz CT molecular complexity index is 1140. The van der Waals surface area contributed by atoms with Crippen molar-refractivity contribution in [2.75, 3.05) is 0 Å². The van der Waals surface area contributed by atoms with Crippen molar-refractivity contribution in [1.29, 1.82) is 0 Å². The smallest absolute Gasteiger partial charge is 0.272 e. The summed E-state index contributed by atoms with van der Waals surface area (Å²) in [4.78, 5) is 17.2. The minimum absolute atomic E-state index is 0.0656. The quantitative estimate of drug-likeness (QED) is 0.598. The summed E-state index contributed by atoms with van der Waals surface area (Å²) in [6.45, 7) is 4.73. The number of H-pyrrole nitrogens is 1. The second-order valence-electron chi connectivity index (χ2n) is 6.45. The van der Waals surface area contributed by atoms with Crippen LogP contribution in [0.25, 0.3) is 16.9 Å². The summed E-state index contributed by atoms with van der Waals surface area (Å²) in [7, 11) is 0. The molecule has 0 saturated heterocycles. The van der Waals surface area contributed by atoms with Crippen LogP contribution in [0.3, 0.4) is 0 Å². The van der Waals surface area contributed by atoms with Crippen LogP contribution in [0.2, 0.25) is 5.02 Å². The number of benzene rings is 1. The molecule has 0 aliphatic heterocycles. The van der Waals surface area contributed by atoms with E-state index in [9.17, 15) is 4.79 Å². The van der Waals surface area contributed by atoms with Crippen molar-refractivity contribution >= 4 is 17.2 Å². The van der Waals surface area contributed by atoms with E-state index in [0.29, 0.717) is 17.2 Å². The molecule has 3 heterocycles. The minimum Gasteiger partial charge on any atom is -0.289 e. The van der Waals surface area contributed by atoms with E-state index in [4.69, 9.17) is 11.6 Å². The predicted octanol–water partition coefficient (Wildman–Crippen LogP) is 3.65. The molecule has 132 valence electrons. The Morgan fingerprint density at radius 2 is 2.08 bits per heavy atom. The van der Waals surface area contributed by atoms with Gasteiger partial charge in [0.2, 0.25) is 0 Å². The zero-order chi connectivity index (χ0) is 18.3. The third kappa shape index (κ3) is 3.04. The van der Waals surface area contributed by atoms with Crippen molar-refractivity contribution in [3.8, 4) is 11.3 Å². The molecule has 0 fully saturated rings. The number of aromatic nitrogens is 5. The summed E-state index contributed by atoms with van der Waals surface area (Å²) < 4.78 is 3.37. The van der Waals surface area contributed by atoms with Gasteiger partial charge in [0.1, 0.15) is 0 Å². The highest BCUT2D eigenvalue weighted by Gasteiger charge is 2.14. The first-order valence-corrected chi connectivity index (χ1v) is 8.76. The van der Waals surface area contributed by atoms with Gasteiger partial charge in [-0.25, -0.2) is 9.50 Å². The third-order valence-corrected chi connectivity index (χ3v) is 4.72. The molecule has 0 aliphatic rings. The number of hydrogen-bond acceptors (Lipinski definition) is 3. The van der Waals surface area contributed by atoms with Gasteiger partial charge in [-0.15, -0.1) is 0 Å². The minimum atomic E-state index is -0.137. The lowest BCUT2D eigenvalue weighted by molar-refractivity contribution is 0.523. The van der Waals surface area contributed by atoms with E-state index < -0.39 is 0 Å². The Hall–Kier alpha value is -2.86. The van der Waals surface area contributed by atoms with Crippen LogP contribution >= 0.6 is 11.6 Å². The van der Waals surface area contributed by atoms with Gasteiger partial charge in [-0.2, -0.15) is 5.10 Å². The molecule has 7 heteroatoms. The molecule has 1 atom stereocenters. The second kappa shape index (κ2) is 6.46. The van der Waals surface area contributed by atoms with Gasteiger partial charge in [0.25, 0.3) is 5.56 Å². The highest BCUT2D eigenvalue weighted by molar-refractivity contribution is 6.30. The van der Waals surface area contributed by atoms with Crippen LogP contribution < -0.4 is 5.56 Å². The summed E-state index contributed by atoms with van der Waals surface area (Å²) in [5.74, 6) is 0.0656. The van der Waals surface area contributed by atoms with Gasteiger partial charge in [-0.1, -0.05) is 30.7 Å². The molecule has 6 nitrogen and oxygen atoms in total. The largest absolute Gasteiger partial charge is 0.289 e. The maximum absolute atomic E-state index is 12.5. The van der Waals surface area contributed by atoms with Gasteiger partial charge in [0, 0.05) is 47.1 Å². The summed E-state index contributed by atoms with van der Waals surface area (Å²) in [5, 5.41) is 8.04. The lowest BCUT2D eigenvalue weighted by Gasteiger charge is -2.12. The first-order valence-electron chi connectivity index (χ1n) is 8.38. The number of nitrogens with zero attached hydrogens (tertiary/aromatic N) is 4. The first kappa shape index (κ1) is 16.6. The highest BCUT2D eigenvalue weighted by atomic mass is 35.5. The molecule has 1 N–H and O–H groups in total. The lowest BCUT2D eigenvalue weighted by Crippen LogP contribution is -2.18. The first-order chi connectivity index (χ1) is 12.5. The Balaban J connectivity index is 1.72. The van der Waals surface area contributed by atoms with Crippen LogP contribution in [0.4, 0.5) is 0 Å². The predicted molar refractivity (Wildman–Crippen MR) is 102 cm³/mol. The van der Waals surface area contributed by atoms with Gasteiger partial charge in [0.05, 0.1) is 11.4 Å². The van der Waals surface area contributed by atoms with E-state index in [1.165, 1.54) is 4.52 Å². The monoisotopic (exact) mass is 367 g/mol. The molecule has 0 saturated carbocycles. The van der Waals surface area contributed by atoms with E-state index in [2.05, 4.69) is 15.2 Å². The van der Waals surface area contributed by atoms with E-state index in [1.807, 2.05) is 54.9 Å². The van der Waals surface area contributed by atoms with E-state index >= 15 is 0 Å². The Morgan fingerprint density at radius 3 is 2.81 bits per heavy atom. The van der Waals surface area contributed by atoms with Gasteiger partial charge in [0.15, 0.2) is 5.65 Å². The fourth-order valence-corrected chi connectivity index (χ4v) is 3.20. The molecule has 0 unspecified atom stereocenters. The Labute approximate surface area is 155 Å². The maximum atomic E-state index is 12.5. The molecule has 4 aromatic rings. The summed E-state index contributed by atoms with van der Waals surface area (Å²) >= 11 is 6.07. The molecule has 0 bridgehead atoms. The van der Waals surface area contributed by atoms with Crippen LogP contribution in [-0.2, 0) is 6.54 Å². The van der Waals surface area contributed by atoms with Crippen LogP contribution in [0.5, 0.6) is 0 Å². The molecule has 0 aliphatic carbocycles. The lowest BCUT2D eigenvalue weighted by atomic mass is 10.1. The second-order valence-corrected chi connectivity index (χ2v) is 6.89. The van der Waals surface area contributed by atoms with E-state index in [0.717, 1.165) is 22.6 Å². The molecule has 3 aromatic heterocycles. The highest BCUT2D eigenvalue weighted by Crippen LogP contribution is 2.23.